The molecule has 0 aliphatic carbocycles. The lowest BCUT2D eigenvalue weighted by Crippen LogP contribution is -2.16. The third-order valence-corrected chi connectivity index (χ3v) is 4.26. The minimum absolute atomic E-state index is 0.357. The molecule has 0 N–H and O–H groups in total. The van der Waals surface area contributed by atoms with Gasteiger partial charge in [0.2, 0.25) is 0 Å². The van der Waals surface area contributed by atoms with E-state index in [1.807, 2.05) is 6.07 Å². The van der Waals surface area contributed by atoms with Crippen LogP contribution in [-0.2, 0) is 6.42 Å². The van der Waals surface area contributed by atoms with Crippen LogP contribution in [0.15, 0.2) is 65.4 Å². The molecule has 0 saturated heterocycles. The van der Waals surface area contributed by atoms with Crippen molar-refractivity contribution >= 4 is 0 Å². The summed E-state index contributed by atoms with van der Waals surface area (Å²) >= 11 is 0. The van der Waals surface area contributed by atoms with Crippen molar-refractivity contribution in [3.8, 4) is 11.3 Å². The normalized spacial score (nSPS) is 12.5. The maximum atomic E-state index is 5.69. The number of benzene rings is 2. The van der Waals surface area contributed by atoms with Crippen molar-refractivity contribution in [1.29, 1.82) is 0 Å². The van der Waals surface area contributed by atoms with E-state index >= 15 is 0 Å². The van der Waals surface area contributed by atoms with Gasteiger partial charge in [0, 0.05) is 18.0 Å². The molecule has 0 amide bonds. The van der Waals surface area contributed by atoms with E-state index in [1.165, 1.54) is 17.5 Å². The molecule has 0 aliphatic rings. The number of oxazole rings is 1. The molecule has 3 aromatic rings. The molecule has 118 valence electrons. The Kier molecular flexibility index (Phi) is 4.58. The molecule has 1 heterocycles. The molecule has 3 heteroatoms. The van der Waals surface area contributed by atoms with Gasteiger partial charge < -0.3 is 9.32 Å². The van der Waals surface area contributed by atoms with Crippen LogP contribution in [0, 0.1) is 0 Å². The Morgan fingerprint density at radius 1 is 1.04 bits per heavy atom. The van der Waals surface area contributed by atoms with Crippen molar-refractivity contribution in [2.45, 2.75) is 19.4 Å². The summed E-state index contributed by atoms with van der Waals surface area (Å²) in [5.41, 5.74) is 4.57. The van der Waals surface area contributed by atoms with Crippen LogP contribution in [0.4, 0.5) is 0 Å². The highest BCUT2D eigenvalue weighted by Crippen LogP contribution is 2.28. The van der Waals surface area contributed by atoms with Gasteiger partial charge in [0.15, 0.2) is 12.2 Å². The zero-order chi connectivity index (χ0) is 16.2. The maximum absolute atomic E-state index is 5.69. The Labute approximate surface area is 137 Å². The molecule has 0 radical (unpaired) electrons. The molecule has 3 rings (SSSR count). The van der Waals surface area contributed by atoms with Crippen LogP contribution >= 0.6 is 0 Å². The summed E-state index contributed by atoms with van der Waals surface area (Å²) in [7, 11) is 4.18. The van der Waals surface area contributed by atoms with E-state index in [0.717, 1.165) is 23.4 Å². The van der Waals surface area contributed by atoms with Gasteiger partial charge >= 0.3 is 0 Å². The van der Waals surface area contributed by atoms with Gasteiger partial charge in [0.1, 0.15) is 0 Å². The number of nitrogens with zero attached hydrogens (tertiary/aromatic N) is 2. The Hall–Kier alpha value is -2.39. The summed E-state index contributed by atoms with van der Waals surface area (Å²) in [5.74, 6) is 0.863. The summed E-state index contributed by atoms with van der Waals surface area (Å²) in [6, 6.07) is 19.2. The second-order valence-corrected chi connectivity index (χ2v) is 6.06. The molecule has 2 aromatic carbocycles. The summed E-state index contributed by atoms with van der Waals surface area (Å²) in [5, 5.41) is 0. The zero-order valence-corrected chi connectivity index (χ0v) is 13.9. The lowest BCUT2D eigenvalue weighted by atomic mass is 10.0. The SMILES string of the molecule is CC(c1cccc(-c2ocnc2Cc2ccccc2)c1)N(C)C. The van der Waals surface area contributed by atoms with Crippen LogP contribution in [0.2, 0.25) is 0 Å². The molecule has 0 spiro atoms. The van der Waals surface area contributed by atoms with Crippen molar-refractivity contribution < 1.29 is 4.42 Å². The van der Waals surface area contributed by atoms with Crippen LogP contribution in [0.1, 0.15) is 29.8 Å². The molecule has 1 atom stereocenters. The van der Waals surface area contributed by atoms with Gasteiger partial charge in [0.25, 0.3) is 0 Å². The standard InChI is InChI=1S/C20H22N2O/c1-15(22(2)3)17-10-7-11-18(13-17)20-19(21-14-23-20)12-16-8-5-4-6-9-16/h4-11,13-15H,12H2,1-3H3. The van der Waals surface area contributed by atoms with E-state index in [0.29, 0.717) is 6.04 Å². The van der Waals surface area contributed by atoms with Gasteiger partial charge in [-0.3, -0.25) is 0 Å². The molecule has 0 aliphatic heterocycles. The van der Waals surface area contributed by atoms with Gasteiger partial charge in [-0.15, -0.1) is 0 Å². The molecule has 0 bridgehead atoms. The average molecular weight is 306 g/mol. The topological polar surface area (TPSA) is 29.3 Å². The third-order valence-electron chi connectivity index (χ3n) is 4.26. The van der Waals surface area contributed by atoms with Crippen molar-refractivity contribution in [2.24, 2.45) is 0 Å². The van der Waals surface area contributed by atoms with Crippen LogP contribution in [0.5, 0.6) is 0 Å². The Balaban J connectivity index is 1.91. The lowest BCUT2D eigenvalue weighted by molar-refractivity contribution is 0.321. The van der Waals surface area contributed by atoms with Crippen molar-refractivity contribution in [2.75, 3.05) is 14.1 Å². The second kappa shape index (κ2) is 6.80. The molecule has 0 fully saturated rings. The Morgan fingerprint density at radius 2 is 1.83 bits per heavy atom. The monoisotopic (exact) mass is 306 g/mol. The lowest BCUT2D eigenvalue weighted by Gasteiger charge is -2.20. The van der Waals surface area contributed by atoms with Gasteiger partial charge in [-0.05, 0) is 38.2 Å². The Bertz CT molecular complexity index is 762. The van der Waals surface area contributed by atoms with Gasteiger partial charge in [-0.2, -0.15) is 0 Å². The number of aromatic nitrogens is 1. The van der Waals surface area contributed by atoms with E-state index in [-0.39, 0.29) is 0 Å². The highest BCUT2D eigenvalue weighted by molar-refractivity contribution is 5.61. The highest BCUT2D eigenvalue weighted by atomic mass is 16.3. The summed E-state index contributed by atoms with van der Waals surface area (Å²) in [6.07, 6.45) is 2.32. The fraction of sp³-hybridized carbons (Fsp3) is 0.250. The Morgan fingerprint density at radius 3 is 2.57 bits per heavy atom. The van der Waals surface area contributed by atoms with E-state index in [1.54, 1.807) is 0 Å². The second-order valence-electron chi connectivity index (χ2n) is 6.06. The van der Waals surface area contributed by atoms with E-state index in [4.69, 9.17) is 4.42 Å². The summed E-state index contributed by atoms with van der Waals surface area (Å²) in [6.45, 7) is 2.20. The molecule has 1 unspecified atom stereocenters. The van der Waals surface area contributed by atoms with Crippen molar-refractivity contribution in [3.63, 3.8) is 0 Å². The van der Waals surface area contributed by atoms with Crippen LogP contribution < -0.4 is 0 Å². The first-order chi connectivity index (χ1) is 11.1. The van der Waals surface area contributed by atoms with Crippen LogP contribution in [-0.4, -0.2) is 24.0 Å². The molecular weight excluding hydrogens is 284 g/mol. The quantitative estimate of drug-likeness (QED) is 0.692. The first-order valence-corrected chi connectivity index (χ1v) is 7.88. The fourth-order valence-corrected chi connectivity index (χ4v) is 2.66. The number of hydrogen-bond donors (Lipinski definition) is 0. The molecule has 23 heavy (non-hydrogen) atoms. The highest BCUT2D eigenvalue weighted by Gasteiger charge is 2.14. The van der Waals surface area contributed by atoms with E-state index < -0.39 is 0 Å². The summed E-state index contributed by atoms with van der Waals surface area (Å²) < 4.78 is 5.69. The zero-order valence-electron chi connectivity index (χ0n) is 13.9. The molecule has 0 saturated carbocycles. The van der Waals surface area contributed by atoms with Crippen molar-refractivity contribution in [3.05, 3.63) is 77.8 Å². The average Bonchev–Trinajstić information content (AvgIpc) is 3.03. The first kappa shape index (κ1) is 15.5. The van der Waals surface area contributed by atoms with Crippen LogP contribution in [0.25, 0.3) is 11.3 Å². The predicted octanol–water partition coefficient (Wildman–Crippen LogP) is 4.56. The minimum atomic E-state index is 0.357. The molecular formula is C20H22N2O. The van der Waals surface area contributed by atoms with Gasteiger partial charge in [-0.25, -0.2) is 4.98 Å². The van der Waals surface area contributed by atoms with Gasteiger partial charge in [-0.1, -0.05) is 48.5 Å². The number of rotatable bonds is 5. The van der Waals surface area contributed by atoms with E-state index in [9.17, 15) is 0 Å². The van der Waals surface area contributed by atoms with Gasteiger partial charge in [0.05, 0.1) is 5.69 Å². The van der Waals surface area contributed by atoms with Crippen molar-refractivity contribution in [1.82, 2.24) is 9.88 Å². The molecule has 1 aromatic heterocycles. The predicted molar refractivity (Wildman–Crippen MR) is 93.3 cm³/mol. The summed E-state index contributed by atoms with van der Waals surface area (Å²) in [4.78, 5) is 6.62. The fourth-order valence-electron chi connectivity index (χ4n) is 2.66. The first-order valence-electron chi connectivity index (χ1n) is 7.88. The number of hydrogen-bond acceptors (Lipinski definition) is 3. The maximum Gasteiger partial charge on any atom is 0.181 e. The minimum Gasteiger partial charge on any atom is -0.443 e. The molecule has 3 nitrogen and oxygen atoms in total. The smallest absolute Gasteiger partial charge is 0.181 e. The third kappa shape index (κ3) is 3.51. The largest absolute Gasteiger partial charge is 0.443 e. The van der Waals surface area contributed by atoms with Crippen LogP contribution in [0.3, 0.4) is 0 Å². The van der Waals surface area contributed by atoms with E-state index in [2.05, 4.69) is 79.4 Å².